The van der Waals surface area contributed by atoms with Gasteiger partial charge in [0.2, 0.25) is 5.91 Å². The van der Waals surface area contributed by atoms with E-state index in [9.17, 15) is 47.7 Å². The Hall–Kier alpha value is -3.91. The number of ether oxygens (including phenoxy) is 4. The Balaban J connectivity index is 1.37. The van der Waals surface area contributed by atoms with Crippen LogP contribution in [0, 0.1) is 11.8 Å². The lowest BCUT2D eigenvalue weighted by Gasteiger charge is -2.42. The zero-order chi connectivity index (χ0) is 42.6. The number of rotatable bonds is 20. The van der Waals surface area contributed by atoms with Crippen LogP contribution >= 0.6 is 20.7 Å². The number of hydrogen-bond acceptors (Lipinski definition) is 13. The summed E-state index contributed by atoms with van der Waals surface area (Å²) in [7, 11) is 3.56. The first-order chi connectivity index (χ1) is 27.5. The molecular weight excluding hydrogens is 806 g/mol. The lowest BCUT2D eigenvalue weighted by atomic mass is 9.86. The predicted molar refractivity (Wildman–Crippen MR) is 211 cm³/mol. The summed E-state index contributed by atoms with van der Waals surface area (Å²) in [6.45, 7) is 4.52. The van der Waals surface area contributed by atoms with Crippen molar-refractivity contribution in [2.45, 2.75) is 108 Å². The van der Waals surface area contributed by atoms with Crippen molar-refractivity contribution in [2.24, 2.45) is 11.8 Å². The van der Waals surface area contributed by atoms with Crippen molar-refractivity contribution >= 4 is 44.2 Å². The minimum absolute atomic E-state index is 0.00979. The molecule has 1 aromatic carbocycles. The molecule has 0 radical (unpaired) electrons. The Morgan fingerprint density at radius 1 is 1.07 bits per heavy atom. The van der Waals surface area contributed by atoms with Gasteiger partial charge in [0.1, 0.15) is 17.9 Å². The zero-order valence-corrected chi connectivity index (χ0v) is 34.3. The van der Waals surface area contributed by atoms with Gasteiger partial charge in [0.15, 0.2) is 6.10 Å². The van der Waals surface area contributed by atoms with Gasteiger partial charge in [-0.15, -0.1) is 0 Å². The number of fused-ring (bicyclic) bond motifs is 1. The molecule has 4 rings (SSSR count). The third-order valence-electron chi connectivity index (χ3n) is 10.1. The van der Waals surface area contributed by atoms with Gasteiger partial charge in [-0.3, -0.25) is 9.59 Å². The molecule has 18 heteroatoms. The number of H-pyrrole nitrogens is 1. The second kappa shape index (κ2) is 21.4. The van der Waals surface area contributed by atoms with Crippen molar-refractivity contribution in [1.82, 2.24) is 4.98 Å². The summed E-state index contributed by atoms with van der Waals surface area (Å²) >= 11 is 0. The van der Waals surface area contributed by atoms with E-state index in [2.05, 4.69) is 10.3 Å². The van der Waals surface area contributed by atoms with Crippen molar-refractivity contribution in [2.75, 3.05) is 25.6 Å². The maximum atomic E-state index is 14.8. The maximum Gasteiger partial charge on any atom is 0.432 e. The molecule has 3 aliphatic heterocycles. The second-order valence-corrected chi connectivity index (χ2v) is 16.4. The number of amides is 1. The summed E-state index contributed by atoms with van der Waals surface area (Å²) in [4.78, 5) is 54.5. The van der Waals surface area contributed by atoms with Crippen LogP contribution < -0.4 is 10.9 Å². The fourth-order valence-corrected chi connectivity index (χ4v) is 8.66. The average molecular weight is 857 g/mol. The molecule has 1 unspecified atom stereocenters. The summed E-state index contributed by atoms with van der Waals surface area (Å²) in [5, 5.41) is 36.6. The number of benzene rings is 1. The fourth-order valence-electron chi connectivity index (χ4n) is 6.50. The van der Waals surface area contributed by atoms with Crippen LogP contribution in [0.4, 0.5) is 18.9 Å². The van der Waals surface area contributed by atoms with Gasteiger partial charge in [-0.1, -0.05) is 89.4 Å². The molecule has 0 bridgehead atoms. The quantitative estimate of drug-likeness (QED) is 0.0291. The Morgan fingerprint density at radius 2 is 1.76 bits per heavy atom. The van der Waals surface area contributed by atoms with E-state index in [-0.39, 0.29) is 54.7 Å². The van der Waals surface area contributed by atoms with Crippen molar-refractivity contribution in [3.05, 3.63) is 75.4 Å². The topological polar surface area (TPSA) is 194 Å². The number of esters is 2. The van der Waals surface area contributed by atoms with E-state index in [1.165, 1.54) is 45.8 Å². The number of unbranched alkanes of at least 4 members (excludes halogenated alkanes) is 4. The molecule has 58 heavy (non-hydrogen) atoms. The van der Waals surface area contributed by atoms with Crippen LogP contribution in [0.1, 0.15) is 71.3 Å². The number of methoxy groups -OCH3 is 1. The highest BCUT2D eigenvalue weighted by Gasteiger charge is 2.64. The molecule has 0 aromatic heterocycles. The van der Waals surface area contributed by atoms with E-state index in [0.717, 1.165) is 24.6 Å². The molecule has 5 N–H and O–H groups in total. The van der Waals surface area contributed by atoms with Gasteiger partial charge < -0.3 is 44.6 Å². The van der Waals surface area contributed by atoms with Gasteiger partial charge in [0.05, 0.1) is 36.0 Å². The first-order valence-electron chi connectivity index (χ1n) is 19.0. The average Bonchev–Trinajstić information content (AvgIpc) is 3.74. The zero-order valence-electron chi connectivity index (χ0n) is 32.7. The van der Waals surface area contributed by atoms with E-state index in [1.807, 2.05) is 5.38 Å². The Kier molecular flexibility index (Phi) is 17.2. The third-order valence-corrected chi connectivity index (χ3v) is 12.2. The molecule has 0 saturated carbocycles. The summed E-state index contributed by atoms with van der Waals surface area (Å²) < 4.78 is 65.9. The monoisotopic (exact) mass is 856 g/mol. The predicted octanol–water partition coefficient (Wildman–Crippen LogP) is 6.09. The number of aliphatic hydroxyl groups excluding tert-OH is 3. The Bertz CT molecular complexity index is 1880. The van der Waals surface area contributed by atoms with Crippen LogP contribution in [-0.2, 0) is 38.9 Å². The lowest BCUT2D eigenvalue weighted by Crippen LogP contribution is -2.58. The van der Waals surface area contributed by atoms with E-state index < -0.39 is 65.7 Å². The molecule has 8 atom stereocenters. The molecule has 3 aliphatic rings. The third kappa shape index (κ3) is 11.6. The van der Waals surface area contributed by atoms with E-state index in [4.69, 9.17) is 18.9 Å². The van der Waals surface area contributed by atoms with Crippen LogP contribution in [0.2, 0.25) is 0 Å². The van der Waals surface area contributed by atoms with Crippen LogP contribution in [-0.4, -0.2) is 95.2 Å². The van der Waals surface area contributed by atoms with Gasteiger partial charge in [-0.05, 0) is 44.6 Å². The van der Waals surface area contributed by atoms with Crippen LogP contribution in [0.25, 0.3) is 10.6 Å². The summed E-state index contributed by atoms with van der Waals surface area (Å²) in [6, 6.07) is 6.14. The van der Waals surface area contributed by atoms with Gasteiger partial charge in [-0.25, -0.2) is 9.59 Å². The van der Waals surface area contributed by atoms with Crippen LogP contribution in [0.15, 0.2) is 64.3 Å². The fraction of sp³-hybridized carbons (Fsp3) is 0.550. The second-order valence-electron chi connectivity index (χ2n) is 14.4. The molecule has 320 valence electrons. The van der Waals surface area contributed by atoms with E-state index in [0.29, 0.717) is 43.4 Å². The van der Waals surface area contributed by atoms with Crippen LogP contribution in [0.3, 0.4) is 0 Å². The number of allylic oxidation sites excluding steroid dienone is 1. The molecule has 0 aliphatic carbocycles. The number of aromatic nitrogens is 1. The molecule has 1 fully saturated rings. The highest BCUT2D eigenvalue weighted by atomic mass is 32.9. The van der Waals surface area contributed by atoms with Crippen LogP contribution in [0.5, 0.6) is 0 Å². The van der Waals surface area contributed by atoms with Crippen molar-refractivity contribution in [3.63, 3.8) is 0 Å². The van der Waals surface area contributed by atoms with Crippen molar-refractivity contribution < 1.29 is 61.8 Å². The number of hydrogen-bond donors (Lipinski definition) is 5. The molecular formula is C40H51F3N2O11S2. The van der Waals surface area contributed by atoms with Gasteiger partial charge in [0, 0.05) is 36.5 Å². The smallest absolute Gasteiger partial charge is 0.432 e. The first-order valence-corrected chi connectivity index (χ1v) is 21.2. The van der Waals surface area contributed by atoms with Gasteiger partial charge in [0.25, 0.3) is 11.2 Å². The Morgan fingerprint density at radius 3 is 2.43 bits per heavy atom. The normalized spacial score (nSPS) is 21.7. The summed E-state index contributed by atoms with van der Waals surface area (Å²) in [6.07, 6.45) is -4.59. The first kappa shape index (κ1) is 46.8. The van der Waals surface area contributed by atoms with Gasteiger partial charge >= 0.3 is 18.1 Å². The summed E-state index contributed by atoms with van der Waals surface area (Å²) in [5.41, 5.74) is -3.68. The van der Waals surface area contributed by atoms with E-state index in [1.54, 1.807) is 26.0 Å². The number of aromatic amines is 1. The number of aliphatic hydroxyl groups is 3. The number of anilines is 1. The number of carbonyl (C=O) groups excluding carboxylic acids is 3. The SMILES string of the molecule is CO[C@](C(=O)O[C@H](/C(C)=C/C(=O)OCCCCCCCC(=O)Nc1c2sscc-2[nH]c1=O)[C@@H]1OC[C@H](C/C=C/C(C)[C@H](C)O)[C@@H](O)[C@H]1O)(c1ccccc1)C(F)(F)F. The maximum absolute atomic E-state index is 14.8. The largest absolute Gasteiger partial charge is 0.463 e. The van der Waals surface area contributed by atoms with Crippen molar-refractivity contribution in [3.8, 4) is 10.6 Å². The highest BCUT2D eigenvalue weighted by Crippen LogP contribution is 2.44. The molecule has 1 amide bonds. The highest BCUT2D eigenvalue weighted by molar-refractivity contribution is 7.70. The number of halogens is 3. The Labute approximate surface area is 341 Å². The molecule has 0 spiro atoms. The minimum Gasteiger partial charge on any atom is -0.463 e. The molecule has 3 heterocycles. The van der Waals surface area contributed by atoms with E-state index >= 15 is 0 Å². The molecule has 1 aromatic rings. The molecule has 1 saturated heterocycles. The lowest BCUT2D eigenvalue weighted by molar-refractivity contribution is -0.281. The van der Waals surface area contributed by atoms with Crippen molar-refractivity contribution in [1.29, 1.82) is 0 Å². The van der Waals surface area contributed by atoms with Gasteiger partial charge in [-0.2, -0.15) is 13.2 Å². The minimum atomic E-state index is -5.32. The standard InChI is InChI=1S/C40H51F3N2O11S2/c1-23(25(3)46)14-13-15-26-21-55-35(33(50)32(26)49)34(56-38(52)39(53-4,40(41,42)43)27-16-9-8-10-17-27)24(2)20-30(48)54-19-12-7-5-6-11-18-29(47)45-31-36-28(22-57-58-36)44-37(31)51/h8-10,13-14,16-17,20,22-23,25-26,32-35,46,49-50H,5-7,11-12,15,18-19,21H2,1-4H3,(H,44,51)(H,45,47)/b14-13+,24-20+/t23?,25-,26-,32+,33+,34+,35+,39-/m0/s1. The number of carbonyl (C=O) groups is 3. The number of nitrogens with one attached hydrogen (secondary N) is 2. The summed E-state index contributed by atoms with van der Waals surface area (Å²) in [5.74, 6) is -3.89. The number of alkyl halides is 3. The molecule has 13 nitrogen and oxygen atoms in total.